The molecule has 0 N–H and O–H groups in total. The summed E-state index contributed by atoms with van der Waals surface area (Å²) in [4.78, 5) is 0. The second kappa shape index (κ2) is 4.03. The lowest BCUT2D eigenvalue weighted by Gasteiger charge is -2.23. The molecule has 1 fully saturated rings. The molecule has 1 atom stereocenters. The van der Waals surface area contributed by atoms with E-state index in [0.717, 1.165) is 0 Å². The lowest BCUT2D eigenvalue weighted by atomic mass is 10.2. The van der Waals surface area contributed by atoms with Gasteiger partial charge in [-0.1, -0.05) is 0 Å². The number of hydrogen-bond donors (Lipinski definition) is 0. The Balaban J connectivity index is 2.37. The summed E-state index contributed by atoms with van der Waals surface area (Å²) in [6, 6.07) is 0. The van der Waals surface area contributed by atoms with Crippen LogP contribution in [0, 0.1) is 0 Å². The second-order valence-corrected chi connectivity index (χ2v) is 5.65. The molecule has 1 heterocycles. The summed E-state index contributed by atoms with van der Waals surface area (Å²) in [5, 5.41) is 0. The zero-order chi connectivity index (χ0) is 9.95. The molecule has 0 aromatic rings. The molecule has 0 spiro atoms. The summed E-state index contributed by atoms with van der Waals surface area (Å²) < 4.78 is 25.8. The molecule has 0 bridgehead atoms. The van der Waals surface area contributed by atoms with Gasteiger partial charge in [0.25, 0.3) is 0 Å². The fraction of sp³-hybridized carbons (Fsp3) is 1.00. The second-order valence-electron chi connectivity index (χ2n) is 3.14. The molecule has 1 saturated heterocycles. The Morgan fingerprint density at radius 1 is 1.23 bits per heavy atom. The van der Waals surface area contributed by atoms with Crippen LogP contribution in [0.15, 0.2) is 0 Å². The van der Waals surface area contributed by atoms with Crippen molar-refractivity contribution in [3.8, 4) is 0 Å². The van der Waals surface area contributed by atoms with E-state index in [9.17, 15) is 0 Å². The molecule has 0 aromatic heterocycles. The van der Waals surface area contributed by atoms with Gasteiger partial charge in [-0.25, -0.2) is 0 Å². The van der Waals surface area contributed by atoms with Crippen LogP contribution in [0.4, 0.5) is 0 Å². The topological polar surface area (TPSA) is 49.5 Å². The smallest absolute Gasteiger partial charge is 0.367 e. The Labute approximate surface area is 79.4 Å². The lowest BCUT2D eigenvalue weighted by Crippen LogP contribution is -2.48. The molecule has 0 aliphatic carbocycles. The quantitative estimate of drug-likeness (QED) is 0.460. The van der Waals surface area contributed by atoms with Gasteiger partial charge in [0, 0.05) is 21.3 Å². The number of hydrogen-bond acceptors (Lipinski definition) is 5. The third-order valence-electron chi connectivity index (χ3n) is 1.94. The molecule has 6 heteroatoms. The van der Waals surface area contributed by atoms with Gasteiger partial charge < -0.3 is 22.4 Å². The summed E-state index contributed by atoms with van der Waals surface area (Å²) in [5.74, 6) is 0. The van der Waals surface area contributed by atoms with E-state index >= 15 is 0 Å². The van der Waals surface area contributed by atoms with Gasteiger partial charge in [-0.3, -0.25) is 0 Å². The van der Waals surface area contributed by atoms with E-state index in [1.54, 1.807) is 0 Å². The average Bonchev–Trinajstić information content (AvgIpc) is 2.88. The maximum atomic E-state index is 5.45. The molecule has 1 rings (SSSR count). The molecule has 1 unspecified atom stereocenters. The molecule has 13 heavy (non-hydrogen) atoms. The molecule has 1 aliphatic rings. The van der Waals surface area contributed by atoms with Crippen molar-refractivity contribution in [2.24, 2.45) is 0 Å². The van der Waals surface area contributed by atoms with E-state index in [-0.39, 0.29) is 5.60 Å². The summed E-state index contributed by atoms with van der Waals surface area (Å²) in [6.45, 7) is 3.12. The predicted octanol–water partition coefficient (Wildman–Crippen LogP) is 0.167. The Hall–Kier alpha value is 0.0169. The highest BCUT2D eigenvalue weighted by molar-refractivity contribution is 6.53. The maximum Gasteiger partial charge on any atom is 0.679 e. The molecule has 78 valence electrons. The fourth-order valence-electron chi connectivity index (χ4n) is 0.874. The maximum absolute atomic E-state index is 5.45. The van der Waals surface area contributed by atoms with Crippen molar-refractivity contribution in [1.29, 1.82) is 0 Å². The van der Waals surface area contributed by atoms with Crippen molar-refractivity contribution in [3.05, 3.63) is 0 Å². The lowest BCUT2D eigenvalue weighted by molar-refractivity contribution is -0.00593. The van der Waals surface area contributed by atoms with Crippen LogP contribution in [0.1, 0.15) is 6.92 Å². The minimum Gasteiger partial charge on any atom is -0.367 e. The van der Waals surface area contributed by atoms with Crippen molar-refractivity contribution in [1.82, 2.24) is 0 Å². The van der Waals surface area contributed by atoms with Crippen LogP contribution in [-0.2, 0) is 22.4 Å². The van der Waals surface area contributed by atoms with Crippen molar-refractivity contribution in [3.63, 3.8) is 0 Å². The monoisotopic (exact) mass is 208 g/mol. The van der Waals surface area contributed by atoms with Gasteiger partial charge in [0.2, 0.25) is 0 Å². The van der Waals surface area contributed by atoms with Crippen LogP contribution in [0.25, 0.3) is 0 Å². The van der Waals surface area contributed by atoms with Gasteiger partial charge in [-0.2, -0.15) is 0 Å². The van der Waals surface area contributed by atoms with E-state index < -0.39 is 9.05 Å². The summed E-state index contributed by atoms with van der Waals surface area (Å²) in [5.41, 5.74) is -0.173. The predicted molar refractivity (Wildman–Crippen MR) is 47.1 cm³/mol. The van der Waals surface area contributed by atoms with E-state index in [0.29, 0.717) is 13.2 Å². The largest absolute Gasteiger partial charge is 0.679 e. The van der Waals surface area contributed by atoms with Crippen LogP contribution >= 0.6 is 0 Å². The van der Waals surface area contributed by atoms with Crippen LogP contribution in [0.3, 0.4) is 0 Å². The summed E-state index contributed by atoms with van der Waals surface area (Å²) in [7, 11) is 1.66. The van der Waals surface area contributed by atoms with E-state index in [1.807, 2.05) is 6.92 Å². The highest BCUT2D eigenvalue weighted by atomic mass is 28.4. The van der Waals surface area contributed by atoms with E-state index in [4.69, 9.17) is 22.4 Å². The van der Waals surface area contributed by atoms with Gasteiger partial charge in [0.05, 0.1) is 13.2 Å². The van der Waals surface area contributed by atoms with E-state index in [1.165, 1.54) is 21.3 Å². The average molecular weight is 208 g/mol. The summed E-state index contributed by atoms with van der Waals surface area (Å²) in [6.07, 6.45) is 0. The minimum absolute atomic E-state index is 0.173. The van der Waals surface area contributed by atoms with Crippen molar-refractivity contribution < 1.29 is 22.4 Å². The highest BCUT2D eigenvalue weighted by Gasteiger charge is 2.48. The fourth-order valence-corrected chi connectivity index (χ4v) is 2.21. The first-order valence-electron chi connectivity index (χ1n) is 4.03. The number of epoxide rings is 1. The molecular formula is C7H16O5Si. The van der Waals surface area contributed by atoms with Crippen molar-refractivity contribution >= 4 is 9.05 Å². The Morgan fingerprint density at radius 2 is 1.69 bits per heavy atom. The molecule has 0 amide bonds. The standard InChI is InChI=1S/C7H16O5Si/c1-7(5-11-7)6-12-13(8-2,9-3)10-4/h5-6H2,1-4H3. The minimum atomic E-state index is -2.87. The zero-order valence-electron chi connectivity index (χ0n) is 8.46. The first-order valence-corrected chi connectivity index (χ1v) is 5.66. The third-order valence-corrected chi connectivity index (χ3v) is 3.94. The van der Waals surface area contributed by atoms with Gasteiger partial charge >= 0.3 is 9.05 Å². The molecular weight excluding hydrogens is 192 g/mol. The number of rotatable bonds is 6. The van der Waals surface area contributed by atoms with Gasteiger partial charge in [-0.15, -0.1) is 0 Å². The van der Waals surface area contributed by atoms with Crippen LogP contribution in [-0.4, -0.2) is 49.2 Å². The first kappa shape index (κ1) is 11.1. The Morgan fingerprint density at radius 3 is 2.00 bits per heavy atom. The van der Waals surface area contributed by atoms with E-state index in [2.05, 4.69) is 0 Å². The van der Waals surface area contributed by atoms with Crippen LogP contribution in [0.2, 0.25) is 0 Å². The zero-order valence-corrected chi connectivity index (χ0v) is 9.46. The van der Waals surface area contributed by atoms with Crippen LogP contribution < -0.4 is 0 Å². The molecule has 5 nitrogen and oxygen atoms in total. The molecule has 0 radical (unpaired) electrons. The normalized spacial score (nSPS) is 27.7. The molecule has 0 saturated carbocycles. The number of ether oxygens (including phenoxy) is 1. The van der Waals surface area contributed by atoms with Crippen molar-refractivity contribution in [2.45, 2.75) is 12.5 Å². The Bertz CT molecular complexity index is 158. The summed E-state index contributed by atoms with van der Waals surface area (Å²) >= 11 is 0. The van der Waals surface area contributed by atoms with Crippen molar-refractivity contribution in [2.75, 3.05) is 34.5 Å². The van der Waals surface area contributed by atoms with Gasteiger partial charge in [0.1, 0.15) is 5.60 Å². The van der Waals surface area contributed by atoms with Gasteiger partial charge in [0.15, 0.2) is 0 Å². The van der Waals surface area contributed by atoms with Gasteiger partial charge in [-0.05, 0) is 6.92 Å². The highest BCUT2D eigenvalue weighted by Crippen LogP contribution is 2.27. The Kier molecular flexibility index (Phi) is 3.44. The molecule has 0 aromatic carbocycles. The third kappa shape index (κ3) is 2.73. The van der Waals surface area contributed by atoms with Crippen LogP contribution in [0.5, 0.6) is 0 Å². The SMILES string of the molecule is CO[Si](OC)(OC)OCC1(C)CO1. The first-order chi connectivity index (χ1) is 6.10. The molecule has 1 aliphatic heterocycles.